The Balaban J connectivity index is 1.70. The van der Waals surface area contributed by atoms with Gasteiger partial charge in [0.2, 0.25) is 0 Å². The van der Waals surface area contributed by atoms with Crippen LogP contribution in [0, 0.1) is 5.82 Å². The Labute approximate surface area is 135 Å². The highest BCUT2D eigenvalue weighted by Crippen LogP contribution is 2.16. The fourth-order valence-corrected chi connectivity index (χ4v) is 2.63. The lowest BCUT2D eigenvalue weighted by atomic mass is 10.1. The first-order valence-corrected chi connectivity index (χ1v) is 7.92. The molecule has 1 saturated heterocycles. The summed E-state index contributed by atoms with van der Waals surface area (Å²) in [5.74, 6) is -0.420. The Kier molecular flexibility index (Phi) is 7.05. The number of aliphatic hydroxyl groups excluding tert-OH is 1. The van der Waals surface area contributed by atoms with Crippen LogP contribution in [0.3, 0.4) is 0 Å². The summed E-state index contributed by atoms with van der Waals surface area (Å²) in [4.78, 5) is 1.93. The van der Waals surface area contributed by atoms with Gasteiger partial charge in [0, 0.05) is 26.3 Å². The average molecular weight is 332 g/mol. The number of halogens is 2. The van der Waals surface area contributed by atoms with Crippen molar-refractivity contribution < 1.29 is 19.0 Å². The molecule has 6 heteroatoms. The number of aliphatic hydroxyl groups is 1. The molecule has 1 aromatic rings. The molecule has 1 aliphatic heterocycles. The minimum absolute atomic E-state index is 0.122. The molecule has 4 nitrogen and oxygen atoms in total. The molecule has 0 saturated carbocycles. The fourth-order valence-electron chi connectivity index (χ4n) is 2.52. The zero-order chi connectivity index (χ0) is 15.9. The molecule has 1 N–H and O–H groups in total. The third-order valence-corrected chi connectivity index (χ3v) is 3.96. The number of likely N-dealkylation sites (N-methyl/N-ethyl adjacent to an activating group) is 1. The molecule has 0 radical (unpaired) electrons. The average Bonchev–Trinajstić information content (AvgIpc) is 2.50. The normalized spacial score (nSPS) is 17.9. The van der Waals surface area contributed by atoms with Crippen molar-refractivity contribution in [2.45, 2.75) is 31.6 Å². The van der Waals surface area contributed by atoms with Crippen molar-refractivity contribution in [1.82, 2.24) is 4.90 Å². The second-order valence-electron chi connectivity index (χ2n) is 5.74. The maximum absolute atomic E-state index is 13.4. The molecule has 1 heterocycles. The van der Waals surface area contributed by atoms with Crippen LogP contribution in [0.5, 0.6) is 0 Å². The van der Waals surface area contributed by atoms with E-state index in [1.54, 1.807) is 12.1 Å². The molecule has 124 valence electrons. The van der Waals surface area contributed by atoms with Gasteiger partial charge in [-0.2, -0.15) is 0 Å². The first-order chi connectivity index (χ1) is 10.5. The summed E-state index contributed by atoms with van der Waals surface area (Å²) in [7, 11) is 1.88. The van der Waals surface area contributed by atoms with Crippen molar-refractivity contribution in [3.63, 3.8) is 0 Å². The fraction of sp³-hybridized carbons (Fsp3) is 0.625. The molecule has 1 aromatic carbocycles. The van der Waals surface area contributed by atoms with Crippen molar-refractivity contribution in [1.29, 1.82) is 0 Å². The second kappa shape index (κ2) is 8.79. The number of ether oxygens (including phenoxy) is 2. The quantitative estimate of drug-likeness (QED) is 0.833. The van der Waals surface area contributed by atoms with E-state index in [-0.39, 0.29) is 11.1 Å². The van der Waals surface area contributed by atoms with Crippen LogP contribution in [0.2, 0.25) is 5.02 Å². The first-order valence-electron chi connectivity index (χ1n) is 7.54. The van der Waals surface area contributed by atoms with Gasteiger partial charge in [0.25, 0.3) is 0 Å². The zero-order valence-electron chi connectivity index (χ0n) is 12.8. The smallest absolute Gasteiger partial charge is 0.142 e. The number of hydrogen-bond donors (Lipinski definition) is 1. The van der Waals surface area contributed by atoms with E-state index in [0.717, 1.165) is 31.6 Å². The van der Waals surface area contributed by atoms with Gasteiger partial charge in [0.1, 0.15) is 5.82 Å². The number of rotatable bonds is 7. The van der Waals surface area contributed by atoms with Crippen LogP contribution in [0.4, 0.5) is 4.39 Å². The van der Waals surface area contributed by atoms with Gasteiger partial charge in [0.15, 0.2) is 0 Å². The van der Waals surface area contributed by atoms with Gasteiger partial charge in [-0.05, 0) is 37.6 Å². The van der Waals surface area contributed by atoms with E-state index >= 15 is 0 Å². The highest BCUT2D eigenvalue weighted by Gasteiger charge is 2.17. The van der Waals surface area contributed by atoms with Gasteiger partial charge in [0.05, 0.1) is 23.8 Å². The minimum Gasteiger partial charge on any atom is -0.389 e. The number of benzene rings is 1. The third-order valence-electron chi connectivity index (χ3n) is 3.65. The maximum Gasteiger partial charge on any atom is 0.142 e. The van der Waals surface area contributed by atoms with Crippen molar-refractivity contribution in [3.05, 3.63) is 34.6 Å². The standard InChI is InChI=1S/C16H23ClFNO3/c1-19(9-12-2-3-15(17)16(18)8-12)10-13(20)11-22-14-4-6-21-7-5-14/h2-3,8,13-14,20H,4-7,9-11H2,1H3. The molecule has 1 aliphatic rings. The van der Waals surface area contributed by atoms with Crippen LogP contribution in [-0.4, -0.2) is 55.6 Å². The van der Waals surface area contributed by atoms with Crippen LogP contribution >= 0.6 is 11.6 Å². The summed E-state index contributed by atoms with van der Waals surface area (Å²) < 4.78 is 24.3. The van der Waals surface area contributed by atoms with E-state index in [2.05, 4.69) is 0 Å². The van der Waals surface area contributed by atoms with Crippen LogP contribution in [0.25, 0.3) is 0 Å². The van der Waals surface area contributed by atoms with Crippen LogP contribution in [-0.2, 0) is 16.0 Å². The van der Waals surface area contributed by atoms with Gasteiger partial charge in [-0.15, -0.1) is 0 Å². The van der Waals surface area contributed by atoms with E-state index in [4.69, 9.17) is 21.1 Å². The molecule has 0 amide bonds. The largest absolute Gasteiger partial charge is 0.389 e. The molecule has 1 unspecified atom stereocenters. The van der Waals surface area contributed by atoms with Crippen molar-refractivity contribution >= 4 is 11.6 Å². The van der Waals surface area contributed by atoms with Gasteiger partial charge < -0.3 is 14.6 Å². The van der Waals surface area contributed by atoms with Crippen LogP contribution < -0.4 is 0 Å². The van der Waals surface area contributed by atoms with E-state index in [1.807, 2.05) is 11.9 Å². The SMILES string of the molecule is CN(Cc1ccc(Cl)c(F)c1)CC(O)COC1CCOCC1. The second-order valence-corrected chi connectivity index (χ2v) is 6.15. The summed E-state index contributed by atoms with van der Waals surface area (Å²) in [6.45, 7) is 2.77. The summed E-state index contributed by atoms with van der Waals surface area (Å²) >= 11 is 5.66. The van der Waals surface area contributed by atoms with Crippen molar-refractivity contribution in [2.75, 3.05) is 33.4 Å². The molecule has 0 aromatic heterocycles. The molecule has 1 atom stereocenters. The van der Waals surface area contributed by atoms with Gasteiger partial charge in [-0.25, -0.2) is 4.39 Å². The van der Waals surface area contributed by atoms with Crippen molar-refractivity contribution in [2.24, 2.45) is 0 Å². The molecule has 0 aliphatic carbocycles. The highest BCUT2D eigenvalue weighted by molar-refractivity contribution is 6.30. The third kappa shape index (κ3) is 5.82. The Hall–Kier alpha value is -0.720. The predicted octanol–water partition coefficient (Wildman–Crippen LogP) is 2.47. The Bertz CT molecular complexity index is 469. The van der Waals surface area contributed by atoms with E-state index in [0.29, 0.717) is 19.7 Å². The van der Waals surface area contributed by atoms with E-state index < -0.39 is 11.9 Å². The molecule has 2 rings (SSSR count). The maximum atomic E-state index is 13.4. The lowest BCUT2D eigenvalue weighted by Crippen LogP contribution is -2.34. The number of hydrogen-bond acceptors (Lipinski definition) is 4. The molecule has 22 heavy (non-hydrogen) atoms. The van der Waals surface area contributed by atoms with E-state index in [9.17, 15) is 9.50 Å². The molecule has 0 spiro atoms. The van der Waals surface area contributed by atoms with Crippen LogP contribution in [0.1, 0.15) is 18.4 Å². The predicted molar refractivity (Wildman–Crippen MR) is 83.5 cm³/mol. The van der Waals surface area contributed by atoms with Gasteiger partial charge >= 0.3 is 0 Å². The summed E-state index contributed by atoms with van der Waals surface area (Å²) in [6.07, 6.45) is 1.38. The molecular weight excluding hydrogens is 309 g/mol. The Morgan fingerprint density at radius 3 is 2.86 bits per heavy atom. The highest BCUT2D eigenvalue weighted by atomic mass is 35.5. The summed E-state index contributed by atoms with van der Waals surface area (Å²) in [5.41, 5.74) is 0.821. The number of nitrogens with zero attached hydrogens (tertiary/aromatic N) is 1. The zero-order valence-corrected chi connectivity index (χ0v) is 13.6. The summed E-state index contributed by atoms with van der Waals surface area (Å²) in [6, 6.07) is 4.75. The molecular formula is C16H23ClFNO3. The minimum atomic E-state index is -0.565. The molecule has 0 bridgehead atoms. The Morgan fingerprint density at radius 2 is 2.18 bits per heavy atom. The lowest BCUT2D eigenvalue weighted by molar-refractivity contribution is -0.0634. The summed E-state index contributed by atoms with van der Waals surface area (Å²) in [5, 5.41) is 10.2. The van der Waals surface area contributed by atoms with Gasteiger partial charge in [-0.1, -0.05) is 17.7 Å². The lowest BCUT2D eigenvalue weighted by Gasteiger charge is -2.25. The molecule has 1 fully saturated rings. The first kappa shape index (κ1) is 17.6. The Morgan fingerprint density at radius 1 is 1.45 bits per heavy atom. The monoisotopic (exact) mass is 331 g/mol. The van der Waals surface area contributed by atoms with Gasteiger partial charge in [-0.3, -0.25) is 4.90 Å². The van der Waals surface area contributed by atoms with Crippen LogP contribution in [0.15, 0.2) is 18.2 Å². The van der Waals surface area contributed by atoms with E-state index in [1.165, 1.54) is 6.07 Å². The topological polar surface area (TPSA) is 41.9 Å². The van der Waals surface area contributed by atoms with Crippen molar-refractivity contribution in [3.8, 4) is 0 Å².